The van der Waals surface area contributed by atoms with E-state index in [1.54, 1.807) is 35.1 Å². The number of ether oxygens (including phenoxy) is 4. The van der Waals surface area contributed by atoms with Crippen LogP contribution in [-0.2, 0) is 57.7 Å². The fraction of sp³-hybridized carbons (Fsp3) is 0.647. The van der Waals surface area contributed by atoms with Gasteiger partial charge in [-0.15, -0.1) is 5.10 Å². The van der Waals surface area contributed by atoms with Gasteiger partial charge in [-0.25, -0.2) is 4.79 Å². The normalized spacial score (nSPS) is 21.1. The predicted molar refractivity (Wildman–Crippen MR) is 187 cm³/mol. The number of aromatic nitrogens is 3. The van der Waals surface area contributed by atoms with Gasteiger partial charge in [0.05, 0.1) is 63.9 Å². The summed E-state index contributed by atoms with van der Waals surface area (Å²) >= 11 is 5.88. The van der Waals surface area contributed by atoms with Crippen LogP contribution in [0.4, 0.5) is 0 Å². The van der Waals surface area contributed by atoms with Gasteiger partial charge in [0.15, 0.2) is 0 Å². The van der Waals surface area contributed by atoms with E-state index >= 15 is 0 Å². The van der Waals surface area contributed by atoms with Crippen molar-refractivity contribution in [3.63, 3.8) is 0 Å². The van der Waals surface area contributed by atoms with Crippen LogP contribution in [0.5, 0.6) is 0 Å². The largest absolute Gasteiger partial charge is 0.477 e. The smallest absolute Gasteiger partial charge is 0.364 e. The molecule has 1 aromatic carbocycles. The zero-order chi connectivity index (χ0) is 38.8. The Kier molecular flexibility index (Phi) is 18.5. The van der Waals surface area contributed by atoms with E-state index in [9.17, 15) is 39.6 Å². The Labute approximate surface area is 312 Å². The minimum atomic E-state index is -2.38. The van der Waals surface area contributed by atoms with Crippen LogP contribution in [0.2, 0.25) is 5.02 Å². The molecule has 1 aromatic heterocycles. The maximum Gasteiger partial charge on any atom is 0.364 e. The Hall–Kier alpha value is -3.75. The highest BCUT2D eigenvalue weighted by molar-refractivity contribution is 6.30. The second kappa shape index (κ2) is 22.5. The molecule has 6 atom stereocenters. The van der Waals surface area contributed by atoms with E-state index in [0.717, 1.165) is 12.8 Å². The lowest BCUT2D eigenvalue weighted by atomic mass is 9.88. The molecule has 2 heterocycles. The molecule has 1 aliphatic rings. The number of nitrogens with zero attached hydrogens (tertiary/aromatic N) is 3. The molecule has 0 aliphatic carbocycles. The van der Waals surface area contributed by atoms with Crippen molar-refractivity contribution in [3.05, 3.63) is 46.7 Å². The molecule has 2 aromatic rings. The number of hydrogen-bond donors (Lipinski definition) is 7. The molecule has 7 N–H and O–H groups in total. The van der Waals surface area contributed by atoms with Crippen molar-refractivity contribution in [2.45, 2.75) is 102 Å². The Bertz CT molecular complexity index is 1450. The minimum Gasteiger partial charge on any atom is -0.477 e. The van der Waals surface area contributed by atoms with E-state index < -0.39 is 67.0 Å². The van der Waals surface area contributed by atoms with E-state index in [2.05, 4.69) is 26.3 Å². The number of carbonyl (C=O) groups is 4. The molecule has 0 spiro atoms. The number of unbranched alkanes of at least 4 members (excludes halogenated alkanes) is 3. The van der Waals surface area contributed by atoms with Crippen LogP contribution >= 0.6 is 11.6 Å². The van der Waals surface area contributed by atoms with Crippen molar-refractivity contribution in [3.8, 4) is 0 Å². The molecule has 53 heavy (non-hydrogen) atoms. The average molecular weight is 771 g/mol. The number of carbonyl (C=O) groups excluding carboxylic acids is 3. The quantitative estimate of drug-likeness (QED) is 0.0677. The predicted octanol–water partition coefficient (Wildman–Crippen LogP) is -0.306. The summed E-state index contributed by atoms with van der Waals surface area (Å²) in [4.78, 5) is 47.7. The standard InChI is InChI=1S/C34H51ClN6O12/c1-22(42)36-11-14-50-15-16-51-21-26-20-41(40-39-26)12-5-3-4-6-13-52-34(33(48)49)18-27(44)30(38-23(2)43)32(53-34)31(47)28(45)19-37-29(46)17-24-7-9-25(35)10-8-24/h7-10,20,27-28,30-32,44-45,47H,3-6,11-19,21H2,1-2H3,(H,36,42)(H,37,46)(H,38,43)(H,48,49)/t27-,28+,30+,31+,32+,34+/m0/s1. The summed E-state index contributed by atoms with van der Waals surface area (Å²) in [5.41, 5.74) is 1.33. The average Bonchev–Trinajstić information content (AvgIpc) is 3.56. The summed E-state index contributed by atoms with van der Waals surface area (Å²) in [5.74, 6) is -5.09. The van der Waals surface area contributed by atoms with Gasteiger partial charge in [-0.1, -0.05) is 41.8 Å². The van der Waals surface area contributed by atoms with Crippen molar-refractivity contribution in [2.75, 3.05) is 39.5 Å². The third-order valence-corrected chi connectivity index (χ3v) is 8.48. The Morgan fingerprint density at radius 3 is 2.42 bits per heavy atom. The van der Waals surface area contributed by atoms with E-state index in [-0.39, 0.29) is 25.5 Å². The van der Waals surface area contributed by atoms with Gasteiger partial charge in [0, 0.05) is 44.9 Å². The number of amides is 3. The van der Waals surface area contributed by atoms with Gasteiger partial charge in [0.25, 0.3) is 5.79 Å². The first-order valence-corrected chi connectivity index (χ1v) is 17.8. The summed E-state index contributed by atoms with van der Waals surface area (Å²) in [7, 11) is 0. The number of hydrogen-bond acceptors (Lipinski definition) is 13. The first kappa shape index (κ1) is 43.7. The highest BCUT2D eigenvalue weighted by atomic mass is 35.5. The third kappa shape index (κ3) is 15.3. The number of halogens is 1. The fourth-order valence-corrected chi connectivity index (χ4v) is 5.66. The molecule has 0 radical (unpaired) electrons. The monoisotopic (exact) mass is 770 g/mol. The van der Waals surface area contributed by atoms with Gasteiger partial charge in [-0.05, 0) is 30.5 Å². The zero-order valence-electron chi connectivity index (χ0n) is 29.9. The Morgan fingerprint density at radius 1 is 1.00 bits per heavy atom. The number of benzene rings is 1. The molecular weight excluding hydrogens is 720 g/mol. The summed E-state index contributed by atoms with van der Waals surface area (Å²) in [6.07, 6.45) is -2.82. The molecule has 3 rings (SSSR count). The number of aliphatic hydroxyl groups excluding tert-OH is 3. The van der Waals surface area contributed by atoms with E-state index in [0.29, 0.717) is 62.0 Å². The molecule has 0 bridgehead atoms. The van der Waals surface area contributed by atoms with Crippen molar-refractivity contribution in [1.82, 2.24) is 30.9 Å². The maximum absolute atomic E-state index is 12.5. The van der Waals surface area contributed by atoms with Crippen molar-refractivity contribution < 1.29 is 58.6 Å². The molecule has 3 amide bonds. The second-order valence-electron chi connectivity index (χ2n) is 12.7. The molecule has 0 saturated carbocycles. The number of rotatable bonds is 24. The van der Waals surface area contributed by atoms with Crippen molar-refractivity contribution in [1.29, 1.82) is 0 Å². The molecule has 296 valence electrons. The van der Waals surface area contributed by atoms with Gasteiger partial charge in [0.1, 0.15) is 17.9 Å². The van der Waals surface area contributed by atoms with Gasteiger partial charge < -0.3 is 55.3 Å². The molecule has 1 saturated heterocycles. The molecular formula is C34H51ClN6O12. The van der Waals surface area contributed by atoms with E-state index in [1.807, 2.05) is 0 Å². The number of aryl methyl sites for hydroxylation is 1. The number of aliphatic carboxylic acids is 1. The van der Waals surface area contributed by atoms with Crippen molar-refractivity contribution >= 4 is 35.3 Å². The van der Waals surface area contributed by atoms with Crippen LogP contribution in [0.15, 0.2) is 30.5 Å². The Balaban J connectivity index is 1.43. The fourth-order valence-electron chi connectivity index (χ4n) is 5.53. The lowest BCUT2D eigenvalue weighted by molar-refractivity contribution is -0.310. The summed E-state index contributed by atoms with van der Waals surface area (Å²) in [6.45, 7) is 4.59. The maximum atomic E-state index is 12.5. The summed E-state index contributed by atoms with van der Waals surface area (Å²) in [5, 5.41) is 59.2. The van der Waals surface area contributed by atoms with E-state index in [4.69, 9.17) is 30.5 Å². The molecule has 1 fully saturated rings. The zero-order valence-corrected chi connectivity index (χ0v) is 30.7. The number of aliphatic hydroxyl groups is 3. The highest BCUT2D eigenvalue weighted by Crippen LogP contribution is 2.34. The first-order valence-electron chi connectivity index (χ1n) is 17.5. The van der Waals surface area contributed by atoms with Crippen LogP contribution in [0.25, 0.3) is 0 Å². The topological polar surface area (TPSA) is 253 Å². The van der Waals surface area contributed by atoms with E-state index in [1.165, 1.54) is 13.8 Å². The lowest BCUT2D eigenvalue weighted by Crippen LogP contribution is -2.68. The van der Waals surface area contributed by atoms with Crippen LogP contribution in [-0.4, -0.2) is 135 Å². The summed E-state index contributed by atoms with van der Waals surface area (Å²) in [6, 6.07) is 5.30. The number of carboxylic acids is 1. The second-order valence-corrected chi connectivity index (χ2v) is 13.1. The third-order valence-electron chi connectivity index (χ3n) is 8.23. The van der Waals surface area contributed by atoms with Crippen LogP contribution in [0.3, 0.4) is 0 Å². The highest BCUT2D eigenvalue weighted by Gasteiger charge is 2.55. The van der Waals surface area contributed by atoms with Crippen LogP contribution in [0.1, 0.15) is 57.2 Å². The first-order chi connectivity index (χ1) is 25.3. The summed E-state index contributed by atoms with van der Waals surface area (Å²) < 4.78 is 24.1. The molecule has 19 heteroatoms. The van der Waals surface area contributed by atoms with Crippen molar-refractivity contribution in [2.24, 2.45) is 0 Å². The Morgan fingerprint density at radius 2 is 1.72 bits per heavy atom. The SMILES string of the molecule is CC(=O)NCCOCCOCc1cn(CCCCCCO[C@]2(C(=O)O)C[C@H](O)[C@@H](NC(C)=O)[C@H]([C@H](O)[C@H](O)CNC(=O)Cc3ccc(Cl)cc3)O2)nn1. The van der Waals surface area contributed by atoms with Crippen LogP contribution < -0.4 is 16.0 Å². The van der Waals surface area contributed by atoms with Gasteiger partial charge in [0.2, 0.25) is 17.7 Å². The van der Waals surface area contributed by atoms with Gasteiger partial charge >= 0.3 is 5.97 Å². The van der Waals surface area contributed by atoms with Gasteiger partial charge in [-0.2, -0.15) is 0 Å². The minimum absolute atomic E-state index is 0.0262. The number of nitrogens with one attached hydrogen (secondary N) is 3. The lowest BCUT2D eigenvalue weighted by Gasteiger charge is -2.46. The molecule has 18 nitrogen and oxygen atoms in total. The molecule has 1 aliphatic heterocycles. The van der Waals surface area contributed by atoms with Crippen LogP contribution in [0, 0.1) is 0 Å². The molecule has 0 unspecified atom stereocenters. The number of carboxylic acid groups (broad SMARTS) is 1. The van der Waals surface area contributed by atoms with Gasteiger partial charge in [-0.3, -0.25) is 19.1 Å².